The molecular weight excluding hydrogens is 331 g/mol. The number of fused-ring (bicyclic) bond motifs is 1. The van der Waals surface area contributed by atoms with Gasteiger partial charge in [0.1, 0.15) is 5.82 Å². The van der Waals surface area contributed by atoms with E-state index in [0.29, 0.717) is 29.3 Å². The van der Waals surface area contributed by atoms with Crippen molar-refractivity contribution in [3.05, 3.63) is 77.2 Å². The van der Waals surface area contributed by atoms with Gasteiger partial charge in [-0.05, 0) is 47.9 Å². The van der Waals surface area contributed by atoms with Crippen molar-refractivity contribution < 1.29 is 9.18 Å². The number of nitrogens with zero attached hydrogens (tertiary/aromatic N) is 3. The number of benzene rings is 2. The summed E-state index contributed by atoms with van der Waals surface area (Å²) in [5.74, 6) is -0.212. The maximum atomic E-state index is 14.0. The molecule has 0 atom stereocenters. The molecule has 3 aromatic rings. The van der Waals surface area contributed by atoms with Crippen LogP contribution in [0.5, 0.6) is 0 Å². The van der Waals surface area contributed by atoms with E-state index < -0.39 is 5.91 Å². The van der Waals surface area contributed by atoms with Gasteiger partial charge < -0.3 is 10.6 Å². The van der Waals surface area contributed by atoms with Crippen LogP contribution in [-0.4, -0.2) is 22.4 Å². The van der Waals surface area contributed by atoms with Crippen molar-refractivity contribution in [1.82, 2.24) is 9.97 Å². The summed E-state index contributed by atoms with van der Waals surface area (Å²) in [5.41, 5.74) is 9.09. The van der Waals surface area contributed by atoms with Gasteiger partial charge in [0.2, 0.25) is 11.9 Å². The smallest absolute Gasteiger partial charge is 0.248 e. The van der Waals surface area contributed by atoms with E-state index in [2.05, 4.69) is 9.97 Å². The van der Waals surface area contributed by atoms with Crippen molar-refractivity contribution in [2.24, 2.45) is 5.73 Å². The molecule has 0 spiro atoms. The third-order valence-corrected chi connectivity index (χ3v) is 4.58. The van der Waals surface area contributed by atoms with Gasteiger partial charge in [-0.25, -0.2) is 14.4 Å². The average molecular weight is 348 g/mol. The normalized spacial score (nSPS) is 13.3. The molecule has 0 bridgehead atoms. The van der Waals surface area contributed by atoms with Crippen LogP contribution in [0.3, 0.4) is 0 Å². The van der Waals surface area contributed by atoms with Gasteiger partial charge in [0.15, 0.2) is 0 Å². The number of amides is 1. The Morgan fingerprint density at radius 2 is 1.96 bits per heavy atom. The number of carbonyl (C=O) groups is 1. The molecule has 2 heterocycles. The van der Waals surface area contributed by atoms with Crippen LogP contribution in [0.25, 0.3) is 11.3 Å². The lowest BCUT2D eigenvalue weighted by molar-refractivity contribution is 0.1000. The van der Waals surface area contributed by atoms with E-state index in [0.717, 1.165) is 18.5 Å². The molecule has 26 heavy (non-hydrogen) atoms. The zero-order valence-electron chi connectivity index (χ0n) is 14.0. The van der Waals surface area contributed by atoms with E-state index in [4.69, 9.17) is 5.73 Å². The minimum atomic E-state index is -0.442. The van der Waals surface area contributed by atoms with Crippen molar-refractivity contribution >= 4 is 11.9 Å². The van der Waals surface area contributed by atoms with Crippen LogP contribution in [-0.2, 0) is 13.0 Å². The molecule has 130 valence electrons. The van der Waals surface area contributed by atoms with Gasteiger partial charge in [-0.3, -0.25) is 4.79 Å². The Hall–Kier alpha value is -3.28. The number of anilines is 1. The number of halogens is 1. The third-order valence-electron chi connectivity index (χ3n) is 4.58. The van der Waals surface area contributed by atoms with E-state index in [1.807, 2.05) is 17.0 Å². The fourth-order valence-corrected chi connectivity index (χ4v) is 3.20. The lowest BCUT2D eigenvalue weighted by Crippen LogP contribution is -2.32. The molecule has 4 rings (SSSR count). The highest BCUT2D eigenvalue weighted by Crippen LogP contribution is 2.26. The fraction of sp³-hybridized carbons (Fsp3) is 0.150. The number of rotatable bonds is 3. The zero-order valence-corrected chi connectivity index (χ0v) is 14.0. The molecule has 5 nitrogen and oxygen atoms in total. The van der Waals surface area contributed by atoms with Crippen LogP contribution < -0.4 is 10.6 Å². The first-order valence-corrected chi connectivity index (χ1v) is 8.36. The molecule has 0 radical (unpaired) electrons. The van der Waals surface area contributed by atoms with E-state index in [9.17, 15) is 9.18 Å². The van der Waals surface area contributed by atoms with Gasteiger partial charge in [0, 0.05) is 30.4 Å². The Balaban J connectivity index is 1.65. The highest BCUT2D eigenvalue weighted by molar-refractivity contribution is 5.93. The number of primary amides is 1. The Labute approximate surface area is 150 Å². The standard InChI is InChI=1S/C20H17FN4O/c21-17-4-2-1-3-16(17)18-7-9-23-20(24-18)25-10-8-13-5-6-14(19(22)26)11-15(13)12-25/h1-7,9,11H,8,10,12H2,(H2,22,26). The summed E-state index contributed by atoms with van der Waals surface area (Å²) in [6.45, 7) is 1.33. The first-order chi connectivity index (χ1) is 12.6. The molecule has 1 aliphatic heterocycles. The monoisotopic (exact) mass is 348 g/mol. The predicted molar refractivity (Wildman–Crippen MR) is 97.1 cm³/mol. The van der Waals surface area contributed by atoms with Gasteiger partial charge in [-0.2, -0.15) is 0 Å². The van der Waals surface area contributed by atoms with Crippen molar-refractivity contribution in [2.75, 3.05) is 11.4 Å². The molecule has 0 saturated heterocycles. The predicted octanol–water partition coefficient (Wildman–Crippen LogP) is 2.94. The van der Waals surface area contributed by atoms with Crippen LogP contribution in [0.2, 0.25) is 0 Å². The van der Waals surface area contributed by atoms with Crippen LogP contribution in [0.4, 0.5) is 10.3 Å². The SMILES string of the molecule is NC(=O)c1ccc2c(c1)CN(c1nccc(-c3ccccc3F)n1)CC2. The van der Waals surface area contributed by atoms with Crippen LogP contribution >= 0.6 is 0 Å². The van der Waals surface area contributed by atoms with Crippen molar-refractivity contribution in [2.45, 2.75) is 13.0 Å². The number of carbonyl (C=O) groups excluding carboxylic acids is 1. The molecule has 2 aromatic carbocycles. The lowest BCUT2D eigenvalue weighted by Gasteiger charge is -2.29. The van der Waals surface area contributed by atoms with Crippen LogP contribution in [0.1, 0.15) is 21.5 Å². The van der Waals surface area contributed by atoms with Gasteiger partial charge in [0.05, 0.1) is 5.69 Å². The largest absolute Gasteiger partial charge is 0.366 e. The third kappa shape index (κ3) is 3.01. The van der Waals surface area contributed by atoms with Gasteiger partial charge in [-0.1, -0.05) is 18.2 Å². The summed E-state index contributed by atoms with van der Waals surface area (Å²) in [6, 6.07) is 13.8. The molecular formula is C20H17FN4O. The number of hydrogen-bond donors (Lipinski definition) is 1. The fourth-order valence-electron chi connectivity index (χ4n) is 3.20. The molecule has 0 aliphatic carbocycles. The molecule has 1 amide bonds. The second-order valence-electron chi connectivity index (χ2n) is 6.24. The maximum Gasteiger partial charge on any atom is 0.248 e. The molecule has 0 fully saturated rings. The Morgan fingerprint density at radius 1 is 1.12 bits per heavy atom. The highest BCUT2D eigenvalue weighted by Gasteiger charge is 2.20. The van der Waals surface area contributed by atoms with E-state index in [1.165, 1.54) is 11.6 Å². The topological polar surface area (TPSA) is 72.1 Å². The molecule has 6 heteroatoms. The van der Waals surface area contributed by atoms with E-state index >= 15 is 0 Å². The highest BCUT2D eigenvalue weighted by atomic mass is 19.1. The molecule has 2 N–H and O–H groups in total. The lowest BCUT2D eigenvalue weighted by atomic mass is 9.97. The van der Waals surface area contributed by atoms with Gasteiger partial charge in [0.25, 0.3) is 0 Å². The Morgan fingerprint density at radius 3 is 2.77 bits per heavy atom. The second-order valence-corrected chi connectivity index (χ2v) is 6.24. The minimum absolute atomic E-state index is 0.313. The van der Waals surface area contributed by atoms with Gasteiger partial charge in [-0.15, -0.1) is 0 Å². The summed E-state index contributed by atoms with van der Waals surface area (Å²) < 4.78 is 14.0. The van der Waals surface area contributed by atoms with Crippen molar-refractivity contribution in [3.8, 4) is 11.3 Å². The molecule has 1 aromatic heterocycles. The molecule has 0 saturated carbocycles. The summed E-state index contributed by atoms with van der Waals surface area (Å²) >= 11 is 0. The molecule has 0 unspecified atom stereocenters. The van der Waals surface area contributed by atoms with Crippen molar-refractivity contribution in [3.63, 3.8) is 0 Å². The molecule has 1 aliphatic rings. The summed E-state index contributed by atoms with van der Waals surface area (Å²) in [4.78, 5) is 22.3. The minimum Gasteiger partial charge on any atom is -0.366 e. The summed E-state index contributed by atoms with van der Waals surface area (Å²) in [6.07, 6.45) is 2.46. The van der Waals surface area contributed by atoms with Gasteiger partial charge >= 0.3 is 0 Å². The van der Waals surface area contributed by atoms with E-state index in [1.54, 1.807) is 36.5 Å². The number of aromatic nitrogens is 2. The maximum absolute atomic E-state index is 14.0. The number of nitrogens with two attached hydrogens (primary N) is 1. The number of hydrogen-bond acceptors (Lipinski definition) is 4. The van der Waals surface area contributed by atoms with Crippen LogP contribution in [0, 0.1) is 5.82 Å². The first-order valence-electron chi connectivity index (χ1n) is 8.36. The average Bonchev–Trinajstić information content (AvgIpc) is 2.67. The Bertz CT molecular complexity index is 989. The quantitative estimate of drug-likeness (QED) is 0.790. The Kier molecular flexibility index (Phi) is 4.08. The first kappa shape index (κ1) is 16.2. The summed E-state index contributed by atoms with van der Waals surface area (Å²) in [5, 5.41) is 0. The summed E-state index contributed by atoms with van der Waals surface area (Å²) in [7, 11) is 0. The second kappa shape index (κ2) is 6.55. The van der Waals surface area contributed by atoms with E-state index in [-0.39, 0.29) is 5.82 Å². The van der Waals surface area contributed by atoms with Crippen LogP contribution in [0.15, 0.2) is 54.7 Å². The zero-order chi connectivity index (χ0) is 18.1. The van der Waals surface area contributed by atoms with Crippen molar-refractivity contribution in [1.29, 1.82) is 0 Å².